The van der Waals surface area contributed by atoms with Crippen LogP contribution in [0.15, 0.2) is 22.7 Å². The fourth-order valence-electron chi connectivity index (χ4n) is 1.98. The third-order valence-electron chi connectivity index (χ3n) is 3.39. The molecule has 6 heteroatoms. The van der Waals surface area contributed by atoms with Crippen molar-refractivity contribution < 1.29 is 9.53 Å². The Balaban J connectivity index is 2.13. The van der Waals surface area contributed by atoms with Gasteiger partial charge >= 0.3 is 6.03 Å². The monoisotopic (exact) mass is 341 g/mol. The second-order valence-corrected chi connectivity index (χ2v) is 5.56. The molecule has 1 aliphatic rings. The van der Waals surface area contributed by atoms with Crippen LogP contribution in [0.25, 0.3) is 0 Å². The molecule has 2 rings (SSSR count). The first-order valence-electron chi connectivity index (χ1n) is 6.76. The lowest BCUT2D eigenvalue weighted by Gasteiger charge is -2.29. The highest BCUT2D eigenvalue weighted by molar-refractivity contribution is 9.10. The van der Waals surface area contributed by atoms with Gasteiger partial charge in [-0.25, -0.2) is 4.79 Å². The number of amides is 2. The predicted octanol–water partition coefficient (Wildman–Crippen LogP) is 2.77. The van der Waals surface area contributed by atoms with Gasteiger partial charge in [-0.3, -0.25) is 0 Å². The molecule has 5 nitrogen and oxygen atoms in total. The van der Waals surface area contributed by atoms with Gasteiger partial charge in [0.25, 0.3) is 0 Å². The summed E-state index contributed by atoms with van der Waals surface area (Å²) in [6, 6.07) is 5.91. The molecule has 2 amide bonds. The van der Waals surface area contributed by atoms with Gasteiger partial charge in [0, 0.05) is 36.8 Å². The first-order valence-corrected chi connectivity index (χ1v) is 7.55. The van der Waals surface area contributed by atoms with E-state index in [9.17, 15) is 4.79 Å². The van der Waals surface area contributed by atoms with Crippen molar-refractivity contribution in [3.05, 3.63) is 22.7 Å². The Hall–Kier alpha value is -1.27. The van der Waals surface area contributed by atoms with Crippen LogP contribution in [0, 0.1) is 0 Å². The van der Waals surface area contributed by atoms with Gasteiger partial charge in [0.15, 0.2) is 0 Å². The van der Waals surface area contributed by atoms with Crippen molar-refractivity contribution >= 4 is 33.3 Å². The molecule has 0 atom stereocenters. The molecule has 0 unspecified atom stereocenters. The average molecular weight is 342 g/mol. The molecular weight excluding hydrogens is 322 g/mol. The number of benzene rings is 1. The van der Waals surface area contributed by atoms with Crippen molar-refractivity contribution in [3.8, 4) is 0 Å². The summed E-state index contributed by atoms with van der Waals surface area (Å²) in [5.41, 5.74) is 1.89. The zero-order valence-corrected chi connectivity index (χ0v) is 13.4. The van der Waals surface area contributed by atoms with Gasteiger partial charge < -0.3 is 19.9 Å². The van der Waals surface area contributed by atoms with Gasteiger partial charge in [0.05, 0.1) is 18.9 Å². The molecule has 1 aromatic carbocycles. The van der Waals surface area contributed by atoms with E-state index < -0.39 is 0 Å². The summed E-state index contributed by atoms with van der Waals surface area (Å²) in [7, 11) is 1.77. The molecule has 0 saturated carbocycles. The highest BCUT2D eigenvalue weighted by atomic mass is 79.9. The van der Waals surface area contributed by atoms with Crippen molar-refractivity contribution in [1.29, 1.82) is 0 Å². The fourth-order valence-corrected chi connectivity index (χ4v) is 2.33. The van der Waals surface area contributed by atoms with Crippen LogP contribution >= 0.6 is 15.9 Å². The lowest BCUT2D eigenvalue weighted by Crippen LogP contribution is -2.36. The maximum Gasteiger partial charge on any atom is 0.321 e. The van der Waals surface area contributed by atoms with Crippen LogP contribution in [0.2, 0.25) is 0 Å². The Morgan fingerprint density at radius 1 is 1.45 bits per heavy atom. The average Bonchev–Trinajstić information content (AvgIpc) is 2.49. The Morgan fingerprint density at radius 2 is 2.15 bits per heavy atom. The van der Waals surface area contributed by atoms with Crippen LogP contribution in [-0.2, 0) is 4.74 Å². The molecule has 110 valence electrons. The van der Waals surface area contributed by atoms with E-state index >= 15 is 0 Å². The molecule has 1 saturated heterocycles. The number of nitrogens with one attached hydrogen (secondary N) is 1. The summed E-state index contributed by atoms with van der Waals surface area (Å²) in [6.45, 7) is 5.87. The number of carbonyl (C=O) groups is 1. The maximum atomic E-state index is 11.9. The smallest absolute Gasteiger partial charge is 0.321 e. The van der Waals surface area contributed by atoms with Crippen LogP contribution in [0.3, 0.4) is 0 Å². The number of nitrogens with zero attached hydrogens (tertiary/aromatic N) is 2. The Bertz CT molecular complexity index is 475. The number of halogens is 1. The van der Waals surface area contributed by atoms with Crippen molar-refractivity contribution in [3.63, 3.8) is 0 Å². The lowest BCUT2D eigenvalue weighted by atomic mass is 10.2. The first kappa shape index (κ1) is 15.1. The highest BCUT2D eigenvalue weighted by Crippen LogP contribution is 2.28. The zero-order chi connectivity index (χ0) is 14.5. The number of hydrogen-bond acceptors (Lipinski definition) is 3. The summed E-state index contributed by atoms with van der Waals surface area (Å²) >= 11 is 3.48. The minimum Gasteiger partial charge on any atom is -0.378 e. The lowest BCUT2D eigenvalue weighted by molar-refractivity contribution is 0.122. The van der Waals surface area contributed by atoms with Gasteiger partial charge in [-0.05, 0) is 41.1 Å². The number of morpholine rings is 1. The van der Waals surface area contributed by atoms with Crippen LogP contribution in [0.1, 0.15) is 6.92 Å². The highest BCUT2D eigenvalue weighted by Gasteiger charge is 2.14. The largest absolute Gasteiger partial charge is 0.378 e. The van der Waals surface area contributed by atoms with E-state index in [1.54, 1.807) is 11.9 Å². The second kappa shape index (κ2) is 6.95. The Kier molecular flexibility index (Phi) is 5.25. The van der Waals surface area contributed by atoms with Crippen molar-refractivity contribution in [2.75, 3.05) is 50.1 Å². The van der Waals surface area contributed by atoms with Crippen molar-refractivity contribution in [2.45, 2.75) is 6.92 Å². The van der Waals surface area contributed by atoms with E-state index in [1.165, 1.54) is 0 Å². The van der Waals surface area contributed by atoms with Gasteiger partial charge in [-0.15, -0.1) is 0 Å². The molecule has 1 aromatic rings. The maximum absolute atomic E-state index is 11.9. The zero-order valence-electron chi connectivity index (χ0n) is 11.9. The molecule has 0 bridgehead atoms. The van der Waals surface area contributed by atoms with E-state index in [0.717, 1.165) is 42.2 Å². The Morgan fingerprint density at radius 3 is 2.80 bits per heavy atom. The predicted molar refractivity (Wildman–Crippen MR) is 84.5 cm³/mol. The van der Waals surface area contributed by atoms with Crippen LogP contribution in [-0.4, -0.2) is 50.8 Å². The minimum absolute atomic E-state index is 0.104. The summed E-state index contributed by atoms with van der Waals surface area (Å²) in [6.07, 6.45) is 0. The number of urea groups is 1. The number of ether oxygens (including phenoxy) is 1. The molecule has 0 spiro atoms. The number of hydrogen-bond donors (Lipinski definition) is 1. The van der Waals surface area contributed by atoms with E-state index in [1.807, 2.05) is 19.1 Å². The van der Waals surface area contributed by atoms with Gasteiger partial charge in [-0.2, -0.15) is 0 Å². The quantitative estimate of drug-likeness (QED) is 0.919. The first-order chi connectivity index (χ1) is 9.61. The summed E-state index contributed by atoms with van der Waals surface area (Å²) in [4.78, 5) is 15.8. The Labute approximate surface area is 128 Å². The van der Waals surface area contributed by atoms with E-state index in [0.29, 0.717) is 6.54 Å². The molecular formula is C14H20BrN3O2. The van der Waals surface area contributed by atoms with Crippen LogP contribution in [0.5, 0.6) is 0 Å². The van der Waals surface area contributed by atoms with Crippen LogP contribution in [0.4, 0.5) is 16.2 Å². The topological polar surface area (TPSA) is 44.8 Å². The van der Waals surface area contributed by atoms with E-state index in [2.05, 4.69) is 32.2 Å². The standard InChI is InChI=1S/C14H20BrN3O2/c1-3-17(2)14(19)16-13-10-11(4-5-12(13)15)18-6-8-20-9-7-18/h4-5,10H,3,6-9H2,1-2H3,(H,16,19). The molecule has 1 aliphatic heterocycles. The number of rotatable bonds is 3. The molecule has 0 aliphatic carbocycles. The normalized spacial score (nSPS) is 15.1. The minimum atomic E-state index is -0.104. The molecule has 0 radical (unpaired) electrons. The fraction of sp³-hybridized carbons (Fsp3) is 0.500. The van der Waals surface area contributed by atoms with Gasteiger partial charge in [-0.1, -0.05) is 0 Å². The van der Waals surface area contributed by atoms with E-state index in [4.69, 9.17) is 4.74 Å². The molecule has 0 aromatic heterocycles. The van der Waals surface area contributed by atoms with E-state index in [-0.39, 0.29) is 6.03 Å². The van der Waals surface area contributed by atoms with Gasteiger partial charge in [0.2, 0.25) is 0 Å². The molecule has 20 heavy (non-hydrogen) atoms. The number of carbonyl (C=O) groups excluding carboxylic acids is 1. The molecule has 1 N–H and O–H groups in total. The van der Waals surface area contributed by atoms with Gasteiger partial charge in [0.1, 0.15) is 0 Å². The molecule has 1 fully saturated rings. The summed E-state index contributed by atoms with van der Waals surface area (Å²) in [5, 5.41) is 2.92. The SMILES string of the molecule is CCN(C)C(=O)Nc1cc(N2CCOCC2)ccc1Br. The summed E-state index contributed by atoms with van der Waals surface area (Å²) < 4.78 is 6.24. The third-order valence-corrected chi connectivity index (χ3v) is 4.08. The number of anilines is 2. The van der Waals surface area contributed by atoms with Crippen LogP contribution < -0.4 is 10.2 Å². The third kappa shape index (κ3) is 3.64. The summed E-state index contributed by atoms with van der Waals surface area (Å²) in [5.74, 6) is 0. The van der Waals surface area contributed by atoms with Crippen molar-refractivity contribution in [1.82, 2.24) is 4.90 Å². The second-order valence-electron chi connectivity index (χ2n) is 4.71. The van der Waals surface area contributed by atoms with Crippen molar-refractivity contribution in [2.24, 2.45) is 0 Å². The molecule has 1 heterocycles.